The van der Waals surface area contributed by atoms with Crippen molar-refractivity contribution in [3.8, 4) is 11.3 Å². The number of aromatic nitrogens is 5. The Hall–Kier alpha value is -3.53. The lowest BCUT2D eigenvalue weighted by atomic mass is 9.95. The van der Waals surface area contributed by atoms with Gasteiger partial charge in [0.25, 0.3) is 5.91 Å². The topological polar surface area (TPSA) is 103 Å². The van der Waals surface area contributed by atoms with E-state index in [1.165, 1.54) is 11.3 Å². The Morgan fingerprint density at radius 1 is 1.24 bits per heavy atom. The number of aryl methyl sites for hydroxylation is 2. The van der Waals surface area contributed by atoms with Gasteiger partial charge in [-0.3, -0.25) is 9.48 Å². The molecule has 4 aromatic heterocycles. The zero-order valence-corrected chi connectivity index (χ0v) is 20.2. The fourth-order valence-electron chi connectivity index (χ4n) is 4.47. The molecule has 0 spiro atoms. The molecule has 0 radical (unpaired) electrons. The monoisotopic (exact) mass is 478 g/mol. The molecular formula is C24H26N6O3S. The molecule has 10 heteroatoms. The number of rotatable bonds is 6. The van der Waals surface area contributed by atoms with E-state index in [9.17, 15) is 9.59 Å². The number of anilines is 1. The zero-order valence-electron chi connectivity index (χ0n) is 19.4. The van der Waals surface area contributed by atoms with Crippen molar-refractivity contribution < 1.29 is 14.3 Å². The molecule has 1 aliphatic carbocycles. The minimum absolute atomic E-state index is 0.224. The molecule has 0 saturated heterocycles. The van der Waals surface area contributed by atoms with Crippen LogP contribution in [-0.2, 0) is 24.1 Å². The van der Waals surface area contributed by atoms with E-state index in [1.54, 1.807) is 29.9 Å². The van der Waals surface area contributed by atoms with Crippen LogP contribution in [0.1, 0.15) is 63.7 Å². The molecule has 0 fully saturated rings. The van der Waals surface area contributed by atoms with Gasteiger partial charge in [-0.15, -0.1) is 11.3 Å². The smallest absolute Gasteiger partial charge is 0.341 e. The van der Waals surface area contributed by atoms with Crippen LogP contribution in [0.25, 0.3) is 16.9 Å². The first kappa shape index (κ1) is 22.3. The Kier molecular flexibility index (Phi) is 5.91. The third kappa shape index (κ3) is 3.77. The quantitative estimate of drug-likeness (QED) is 0.415. The molecule has 0 aromatic carbocycles. The third-order valence-corrected chi connectivity index (χ3v) is 7.35. The standard InChI is InChI=1S/C24H26N6O3S/c1-4-29-14(3)16(13-26-29)18-10-11-25-20-12-17(28-30(18)20)22(31)27-23-21(24(32)33-5-2)15-8-6-7-9-19(15)34-23/h10-13H,4-9H2,1-3H3,(H,27,31). The first-order valence-corrected chi connectivity index (χ1v) is 12.3. The highest BCUT2D eigenvalue weighted by Crippen LogP contribution is 2.39. The van der Waals surface area contributed by atoms with Gasteiger partial charge in [-0.2, -0.15) is 10.2 Å². The molecule has 0 aliphatic heterocycles. The molecule has 176 valence electrons. The maximum Gasteiger partial charge on any atom is 0.341 e. The minimum Gasteiger partial charge on any atom is -0.462 e. The highest BCUT2D eigenvalue weighted by molar-refractivity contribution is 7.17. The van der Waals surface area contributed by atoms with Gasteiger partial charge in [0, 0.05) is 34.9 Å². The van der Waals surface area contributed by atoms with Crippen molar-refractivity contribution in [2.24, 2.45) is 0 Å². The first-order chi connectivity index (χ1) is 16.5. The largest absolute Gasteiger partial charge is 0.462 e. The predicted octanol–water partition coefficient (Wildman–Crippen LogP) is 4.29. The van der Waals surface area contributed by atoms with E-state index in [2.05, 4.69) is 20.5 Å². The van der Waals surface area contributed by atoms with Crippen molar-refractivity contribution >= 4 is 33.9 Å². The SMILES string of the molecule is CCOC(=O)c1c(NC(=O)c2cc3nccc(-c4cnn(CC)c4C)n3n2)sc2c1CCCC2. The Labute approximate surface area is 200 Å². The minimum atomic E-state index is -0.389. The van der Waals surface area contributed by atoms with Crippen LogP contribution in [0.4, 0.5) is 5.00 Å². The van der Waals surface area contributed by atoms with Gasteiger partial charge in [0.2, 0.25) is 0 Å². The van der Waals surface area contributed by atoms with Crippen LogP contribution < -0.4 is 5.32 Å². The van der Waals surface area contributed by atoms with Crippen molar-refractivity contribution in [1.82, 2.24) is 24.4 Å². The maximum atomic E-state index is 13.2. The number of ether oxygens (including phenoxy) is 1. The lowest BCUT2D eigenvalue weighted by molar-refractivity contribution is 0.0526. The summed E-state index contributed by atoms with van der Waals surface area (Å²) in [6.45, 7) is 6.87. The van der Waals surface area contributed by atoms with Gasteiger partial charge in [-0.1, -0.05) is 0 Å². The second-order valence-corrected chi connectivity index (χ2v) is 9.28. The van der Waals surface area contributed by atoms with Crippen molar-refractivity contribution in [3.05, 3.63) is 51.9 Å². The fraction of sp³-hybridized carbons (Fsp3) is 0.375. The highest BCUT2D eigenvalue weighted by atomic mass is 32.1. The second-order valence-electron chi connectivity index (χ2n) is 8.18. The van der Waals surface area contributed by atoms with Crippen molar-refractivity contribution in [2.45, 2.75) is 53.0 Å². The normalized spacial score (nSPS) is 13.1. The first-order valence-electron chi connectivity index (χ1n) is 11.5. The number of esters is 1. The number of carbonyl (C=O) groups excluding carboxylic acids is 2. The highest BCUT2D eigenvalue weighted by Gasteiger charge is 2.28. The number of hydrogen-bond acceptors (Lipinski definition) is 7. The predicted molar refractivity (Wildman–Crippen MR) is 129 cm³/mol. The van der Waals surface area contributed by atoms with Gasteiger partial charge in [0.15, 0.2) is 11.3 Å². The summed E-state index contributed by atoms with van der Waals surface area (Å²) in [6, 6.07) is 3.51. The Morgan fingerprint density at radius 3 is 2.82 bits per heavy atom. The van der Waals surface area contributed by atoms with Crippen LogP contribution in [0.5, 0.6) is 0 Å². The summed E-state index contributed by atoms with van der Waals surface area (Å²) in [7, 11) is 0. The number of nitrogens with zero attached hydrogens (tertiary/aromatic N) is 5. The Morgan fingerprint density at radius 2 is 2.06 bits per heavy atom. The molecule has 1 amide bonds. The van der Waals surface area contributed by atoms with Crippen molar-refractivity contribution in [1.29, 1.82) is 0 Å². The van der Waals surface area contributed by atoms with Gasteiger partial charge in [0.05, 0.1) is 24.1 Å². The van der Waals surface area contributed by atoms with Crippen LogP contribution in [0.15, 0.2) is 24.5 Å². The molecular weight excluding hydrogens is 452 g/mol. The number of hydrogen-bond donors (Lipinski definition) is 1. The molecule has 9 nitrogen and oxygen atoms in total. The number of carbonyl (C=O) groups is 2. The summed E-state index contributed by atoms with van der Waals surface area (Å²) >= 11 is 1.46. The van der Waals surface area contributed by atoms with E-state index in [0.29, 0.717) is 16.2 Å². The molecule has 1 aliphatic rings. The van der Waals surface area contributed by atoms with Crippen LogP contribution in [0, 0.1) is 6.92 Å². The van der Waals surface area contributed by atoms with Crippen LogP contribution in [0.3, 0.4) is 0 Å². The molecule has 4 aromatic rings. The van der Waals surface area contributed by atoms with Gasteiger partial charge in [-0.05, 0) is 58.1 Å². The zero-order chi connectivity index (χ0) is 23.8. The Balaban J connectivity index is 1.50. The molecule has 0 saturated carbocycles. The van der Waals surface area contributed by atoms with Gasteiger partial charge in [0.1, 0.15) is 5.00 Å². The molecule has 5 rings (SSSR count). The molecule has 34 heavy (non-hydrogen) atoms. The molecule has 0 unspecified atom stereocenters. The lowest BCUT2D eigenvalue weighted by Gasteiger charge is -2.12. The van der Waals surface area contributed by atoms with E-state index in [-0.39, 0.29) is 24.2 Å². The summed E-state index contributed by atoms with van der Waals surface area (Å²) in [5.74, 6) is -0.777. The molecule has 0 atom stereocenters. The summed E-state index contributed by atoms with van der Waals surface area (Å²) in [4.78, 5) is 31.5. The average molecular weight is 479 g/mol. The maximum absolute atomic E-state index is 13.2. The fourth-order valence-corrected chi connectivity index (χ4v) is 5.74. The van der Waals surface area contributed by atoms with Gasteiger partial charge in [-0.25, -0.2) is 14.3 Å². The van der Waals surface area contributed by atoms with E-state index in [1.807, 2.05) is 24.6 Å². The van der Waals surface area contributed by atoms with Crippen molar-refractivity contribution in [3.63, 3.8) is 0 Å². The van der Waals surface area contributed by atoms with Crippen LogP contribution in [0.2, 0.25) is 0 Å². The summed E-state index contributed by atoms with van der Waals surface area (Å²) in [6.07, 6.45) is 7.34. The third-order valence-electron chi connectivity index (χ3n) is 6.15. The number of fused-ring (bicyclic) bond motifs is 2. The number of amides is 1. The van der Waals surface area contributed by atoms with Crippen LogP contribution in [-0.4, -0.2) is 42.9 Å². The van der Waals surface area contributed by atoms with E-state index >= 15 is 0 Å². The molecule has 0 bridgehead atoms. The van der Waals surface area contributed by atoms with Crippen LogP contribution >= 0.6 is 11.3 Å². The molecule has 1 N–H and O–H groups in total. The summed E-state index contributed by atoms with van der Waals surface area (Å²) in [5, 5.41) is 12.4. The lowest BCUT2D eigenvalue weighted by Crippen LogP contribution is -2.16. The van der Waals surface area contributed by atoms with E-state index in [0.717, 1.165) is 59.6 Å². The summed E-state index contributed by atoms with van der Waals surface area (Å²) < 4.78 is 8.86. The van der Waals surface area contributed by atoms with Crippen molar-refractivity contribution in [2.75, 3.05) is 11.9 Å². The average Bonchev–Trinajstić information content (AvgIpc) is 3.53. The Bertz CT molecular complexity index is 1400. The number of thiophene rings is 1. The van der Waals surface area contributed by atoms with E-state index in [4.69, 9.17) is 4.74 Å². The number of nitrogens with one attached hydrogen (secondary N) is 1. The van der Waals surface area contributed by atoms with Gasteiger partial charge >= 0.3 is 5.97 Å². The van der Waals surface area contributed by atoms with E-state index < -0.39 is 0 Å². The van der Waals surface area contributed by atoms with Gasteiger partial charge < -0.3 is 10.1 Å². The summed E-state index contributed by atoms with van der Waals surface area (Å²) in [5.41, 5.74) is 5.02. The molecule has 4 heterocycles. The second kappa shape index (κ2) is 9.02.